The smallest absolute Gasteiger partial charge is 0.348 e. The molecule has 2 aromatic heterocycles. The van der Waals surface area contributed by atoms with E-state index in [0.29, 0.717) is 27.8 Å². The van der Waals surface area contributed by atoms with Crippen LogP contribution in [0.4, 0.5) is 5.00 Å². The molecule has 9 heteroatoms. The predicted octanol–water partition coefficient (Wildman–Crippen LogP) is 0.601. The number of nitrogens with one attached hydrogen (secondary N) is 2. The molecule has 0 spiro atoms. The average molecular weight is 280 g/mol. The van der Waals surface area contributed by atoms with Crippen molar-refractivity contribution in [3.05, 3.63) is 28.4 Å². The van der Waals surface area contributed by atoms with Gasteiger partial charge in [-0.15, -0.1) is 11.3 Å². The number of amides is 1. The summed E-state index contributed by atoms with van der Waals surface area (Å²) in [5.74, 6) is -0.721. The minimum absolute atomic E-state index is 0.0233. The molecule has 0 radical (unpaired) electrons. The van der Waals surface area contributed by atoms with E-state index in [1.807, 2.05) is 0 Å². The molecule has 3 heterocycles. The number of nitrogens with zero attached hydrogens (tertiary/aromatic N) is 2. The Hall–Kier alpha value is -2.42. The number of fused-ring (bicyclic) bond motifs is 1. The number of esters is 1. The molecule has 0 unspecified atom stereocenters. The molecule has 3 rings (SSSR count). The standard InChI is InChI=1S/C10H8N4O4S/c15-8-6-1-7(19-9(6)12-4-11-8)10(16)17-3-5-2-13-18-14-5/h1-2,12H,3-4H2,(H,11,15). The molecule has 0 bridgehead atoms. The first-order valence-electron chi connectivity index (χ1n) is 5.33. The van der Waals surface area contributed by atoms with Crippen molar-refractivity contribution in [2.75, 3.05) is 12.0 Å². The van der Waals surface area contributed by atoms with Gasteiger partial charge in [0.15, 0.2) is 0 Å². The van der Waals surface area contributed by atoms with Gasteiger partial charge >= 0.3 is 5.97 Å². The summed E-state index contributed by atoms with van der Waals surface area (Å²) in [6.07, 6.45) is 1.36. The first-order valence-corrected chi connectivity index (χ1v) is 6.15. The lowest BCUT2D eigenvalue weighted by Gasteiger charge is -2.13. The number of ether oxygens (including phenoxy) is 1. The van der Waals surface area contributed by atoms with Crippen molar-refractivity contribution in [1.29, 1.82) is 0 Å². The summed E-state index contributed by atoms with van der Waals surface area (Å²) in [5, 5.41) is 13.2. The van der Waals surface area contributed by atoms with E-state index in [-0.39, 0.29) is 12.5 Å². The van der Waals surface area contributed by atoms with Crippen LogP contribution in [0.25, 0.3) is 0 Å². The van der Waals surface area contributed by atoms with E-state index in [4.69, 9.17) is 4.74 Å². The van der Waals surface area contributed by atoms with Crippen LogP contribution < -0.4 is 10.6 Å². The Bertz CT molecular complexity index is 622. The van der Waals surface area contributed by atoms with Crippen molar-refractivity contribution in [2.45, 2.75) is 6.61 Å². The van der Waals surface area contributed by atoms with Crippen LogP contribution in [-0.4, -0.2) is 28.9 Å². The van der Waals surface area contributed by atoms with Crippen LogP contribution in [0.2, 0.25) is 0 Å². The Morgan fingerprint density at radius 2 is 2.42 bits per heavy atom. The summed E-state index contributed by atoms with van der Waals surface area (Å²) in [4.78, 5) is 23.7. The zero-order valence-corrected chi connectivity index (χ0v) is 10.3. The second-order valence-electron chi connectivity index (χ2n) is 3.69. The lowest BCUT2D eigenvalue weighted by Crippen LogP contribution is -2.33. The van der Waals surface area contributed by atoms with Crippen LogP contribution in [0, 0.1) is 0 Å². The number of carbonyl (C=O) groups is 2. The van der Waals surface area contributed by atoms with Gasteiger partial charge in [-0.1, -0.05) is 10.3 Å². The fraction of sp³-hybridized carbons (Fsp3) is 0.200. The van der Waals surface area contributed by atoms with Crippen molar-refractivity contribution in [2.24, 2.45) is 0 Å². The second-order valence-corrected chi connectivity index (χ2v) is 4.74. The van der Waals surface area contributed by atoms with Crippen LogP contribution in [0.3, 0.4) is 0 Å². The Kier molecular flexibility index (Phi) is 2.88. The van der Waals surface area contributed by atoms with E-state index in [1.54, 1.807) is 0 Å². The van der Waals surface area contributed by atoms with E-state index in [1.165, 1.54) is 23.6 Å². The summed E-state index contributed by atoms with van der Waals surface area (Å²) in [6.45, 7) is 0.329. The number of anilines is 1. The van der Waals surface area contributed by atoms with Crippen molar-refractivity contribution in [1.82, 2.24) is 15.6 Å². The normalized spacial score (nSPS) is 13.4. The van der Waals surface area contributed by atoms with Gasteiger partial charge in [0.05, 0.1) is 18.4 Å². The van der Waals surface area contributed by atoms with Crippen LogP contribution in [0.15, 0.2) is 16.9 Å². The first-order chi connectivity index (χ1) is 9.24. The molecule has 1 aliphatic heterocycles. The van der Waals surface area contributed by atoms with Gasteiger partial charge in [0, 0.05) is 0 Å². The zero-order valence-electron chi connectivity index (χ0n) is 9.50. The van der Waals surface area contributed by atoms with Gasteiger partial charge in [0.1, 0.15) is 22.2 Å². The number of carbonyl (C=O) groups excluding carboxylic acids is 2. The average Bonchev–Trinajstić information content (AvgIpc) is 3.05. The van der Waals surface area contributed by atoms with E-state index >= 15 is 0 Å². The minimum Gasteiger partial charge on any atom is -0.455 e. The number of hydrogen-bond donors (Lipinski definition) is 2. The molecule has 19 heavy (non-hydrogen) atoms. The lowest BCUT2D eigenvalue weighted by atomic mass is 10.2. The van der Waals surface area contributed by atoms with Gasteiger partial charge in [0.2, 0.25) is 0 Å². The molecule has 2 aromatic rings. The molecular formula is C10H8N4O4S. The third kappa shape index (κ3) is 2.27. The summed E-state index contributed by atoms with van der Waals surface area (Å²) in [7, 11) is 0. The highest BCUT2D eigenvalue weighted by Gasteiger charge is 2.23. The van der Waals surface area contributed by atoms with Gasteiger partial charge in [-0.2, -0.15) is 0 Å². The van der Waals surface area contributed by atoms with Gasteiger partial charge < -0.3 is 15.4 Å². The molecule has 0 atom stereocenters. The lowest BCUT2D eigenvalue weighted by molar-refractivity contribution is 0.0469. The molecule has 2 N–H and O–H groups in total. The second kappa shape index (κ2) is 4.69. The maximum atomic E-state index is 11.8. The van der Waals surface area contributed by atoms with E-state index < -0.39 is 5.97 Å². The Balaban J connectivity index is 1.72. The fourth-order valence-corrected chi connectivity index (χ4v) is 2.49. The Labute approximate surface area is 110 Å². The number of hydrogen-bond acceptors (Lipinski definition) is 8. The molecule has 8 nitrogen and oxygen atoms in total. The zero-order chi connectivity index (χ0) is 13.2. The number of thiophene rings is 1. The minimum atomic E-state index is -0.517. The summed E-state index contributed by atoms with van der Waals surface area (Å²) in [5.41, 5.74) is 0.872. The van der Waals surface area contributed by atoms with E-state index in [9.17, 15) is 9.59 Å². The molecule has 0 aromatic carbocycles. The molecule has 0 saturated heterocycles. The Morgan fingerprint density at radius 3 is 3.16 bits per heavy atom. The van der Waals surface area contributed by atoms with Gasteiger partial charge in [-0.05, 0) is 6.07 Å². The molecule has 0 saturated carbocycles. The summed E-state index contributed by atoms with van der Waals surface area (Å²) in [6, 6.07) is 1.50. The maximum absolute atomic E-state index is 11.8. The van der Waals surface area contributed by atoms with Crippen molar-refractivity contribution >= 4 is 28.2 Å². The Morgan fingerprint density at radius 1 is 1.53 bits per heavy atom. The highest BCUT2D eigenvalue weighted by Crippen LogP contribution is 2.30. The molecule has 98 valence electrons. The van der Waals surface area contributed by atoms with E-state index in [2.05, 4.69) is 25.6 Å². The SMILES string of the molecule is O=C(OCc1cnon1)c1cc2c(s1)NCNC2=O. The molecule has 0 fully saturated rings. The molecule has 1 aliphatic rings. The molecular weight excluding hydrogens is 272 g/mol. The van der Waals surface area contributed by atoms with Crippen LogP contribution >= 0.6 is 11.3 Å². The molecule has 1 amide bonds. The monoisotopic (exact) mass is 280 g/mol. The van der Waals surface area contributed by atoms with Gasteiger partial charge in [0.25, 0.3) is 5.91 Å². The topological polar surface area (TPSA) is 106 Å². The number of aromatic nitrogens is 2. The summed E-state index contributed by atoms with van der Waals surface area (Å²) < 4.78 is 9.42. The van der Waals surface area contributed by atoms with Crippen LogP contribution in [0.1, 0.15) is 25.7 Å². The van der Waals surface area contributed by atoms with Crippen LogP contribution in [0.5, 0.6) is 0 Å². The predicted molar refractivity (Wildman–Crippen MR) is 63.7 cm³/mol. The maximum Gasteiger partial charge on any atom is 0.348 e. The third-order valence-electron chi connectivity index (χ3n) is 2.43. The fourth-order valence-electron chi connectivity index (χ4n) is 1.55. The highest BCUT2D eigenvalue weighted by atomic mass is 32.1. The molecule has 0 aliphatic carbocycles. The summed E-state index contributed by atoms with van der Waals surface area (Å²) >= 11 is 1.18. The van der Waals surface area contributed by atoms with Crippen molar-refractivity contribution in [3.8, 4) is 0 Å². The van der Waals surface area contributed by atoms with Crippen molar-refractivity contribution in [3.63, 3.8) is 0 Å². The highest BCUT2D eigenvalue weighted by molar-refractivity contribution is 7.18. The third-order valence-corrected chi connectivity index (χ3v) is 3.51. The van der Waals surface area contributed by atoms with Gasteiger partial charge in [-0.3, -0.25) is 4.79 Å². The number of rotatable bonds is 3. The van der Waals surface area contributed by atoms with Gasteiger partial charge in [-0.25, -0.2) is 9.42 Å². The largest absolute Gasteiger partial charge is 0.455 e. The van der Waals surface area contributed by atoms with Crippen LogP contribution in [-0.2, 0) is 11.3 Å². The quantitative estimate of drug-likeness (QED) is 0.793. The van der Waals surface area contributed by atoms with E-state index in [0.717, 1.165) is 0 Å². The van der Waals surface area contributed by atoms with Crippen molar-refractivity contribution < 1.29 is 19.0 Å². The first kappa shape index (κ1) is 11.7.